The zero-order chi connectivity index (χ0) is 25.7. The average Bonchev–Trinajstić information content (AvgIpc) is 2.80. The maximum Gasteiger partial charge on any atom is 0.407 e. The fraction of sp³-hybridized carbons (Fsp3) is 0.444. The van der Waals surface area contributed by atoms with Crippen molar-refractivity contribution in [1.82, 2.24) is 16.0 Å². The minimum Gasteiger partial charge on any atom is -0.465 e. The van der Waals surface area contributed by atoms with Crippen LogP contribution in [0.15, 0.2) is 48.5 Å². The Bertz CT molecular complexity index is 950. The largest absolute Gasteiger partial charge is 0.465 e. The molecular formula is C27H37N3O5. The normalized spacial score (nSPS) is 10.9. The van der Waals surface area contributed by atoms with Gasteiger partial charge in [-0.2, -0.15) is 0 Å². The molecule has 0 aliphatic heterocycles. The smallest absolute Gasteiger partial charge is 0.407 e. The van der Waals surface area contributed by atoms with Gasteiger partial charge < -0.3 is 25.8 Å². The number of nitrogens with one attached hydrogen (secondary N) is 3. The zero-order valence-electron chi connectivity index (χ0n) is 20.9. The summed E-state index contributed by atoms with van der Waals surface area (Å²) in [4.78, 5) is 34.1. The van der Waals surface area contributed by atoms with E-state index in [1.807, 2.05) is 12.1 Å². The molecule has 3 amide bonds. The maximum absolute atomic E-state index is 12.1. The fourth-order valence-corrected chi connectivity index (χ4v) is 3.40. The Kier molecular flexibility index (Phi) is 11.1. The number of aryl methyl sites for hydroxylation is 2. The van der Waals surface area contributed by atoms with Gasteiger partial charge in [0.25, 0.3) is 0 Å². The highest BCUT2D eigenvalue weighted by Crippen LogP contribution is 2.21. The second-order valence-corrected chi connectivity index (χ2v) is 9.36. The van der Waals surface area contributed by atoms with Crippen LogP contribution in [0, 0.1) is 0 Å². The van der Waals surface area contributed by atoms with E-state index in [-0.39, 0.29) is 5.91 Å². The summed E-state index contributed by atoms with van der Waals surface area (Å²) < 4.78 is 5.15. The molecule has 0 unspecified atom stereocenters. The maximum atomic E-state index is 12.1. The molecule has 0 saturated heterocycles. The molecule has 4 N–H and O–H groups in total. The molecule has 8 heteroatoms. The van der Waals surface area contributed by atoms with Crippen molar-refractivity contribution in [1.29, 1.82) is 0 Å². The zero-order valence-corrected chi connectivity index (χ0v) is 20.9. The van der Waals surface area contributed by atoms with Crippen molar-refractivity contribution in [2.45, 2.75) is 58.5 Å². The Labute approximate surface area is 207 Å². The third-order valence-electron chi connectivity index (χ3n) is 5.17. The van der Waals surface area contributed by atoms with E-state index in [2.05, 4.69) is 52.3 Å². The second-order valence-electron chi connectivity index (χ2n) is 9.36. The lowest BCUT2D eigenvalue weighted by molar-refractivity contribution is -0.121. The van der Waals surface area contributed by atoms with Gasteiger partial charge in [-0.05, 0) is 68.7 Å². The number of rotatable bonds is 12. The van der Waals surface area contributed by atoms with Crippen molar-refractivity contribution >= 4 is 18.1 Å². The molecule has 8 nitrogen and oxygen atoms in total. The van der Waals surface area contributed by atoms with Crippen molar-refractivity contribution in [3.05, 3.63) is 59.7 Å². The molecule has 35 heavy (non-hydrogen) atoms. The van der Waals surface area contributed by atoms with E-state index in [0.29, 0.717) is 32.5 Å². The Morgan fingerprint density at radius 3 is 1.83 bits per heavy atom. The molecule has 0 aliphatic carbocycles. The topological polar surface area (TPSA) is 117 Å². The first-order chi connectivity index (χ1) is 16.6. The van der Waals surface area contributed by atoms with Gasteiger partial charge in [0.2, 0.25) is 5.91 Å². The highest BCUT2D eigenvalue weighted by molar-refractivity contribution is 5.76. The van der Waals surface area contributed by atoms with Crippen LogP contribution in [0.5, 0.6) is 0 Å². The van der Waals surface area contributed by atoms with Gasteiger partial charge in [0.15, 0.2) is 0 Å². The Morgan fingerprint density at radius 2 is 1.29 bits per heavy atom. The standard InChI is InChI=1S/C27H37N3O5/c1-27(2,3)35-26(34)30-19-18-28-24(31)16-11-21-9-14-23(15-10-21)22-12-7-20(8-13-22)6-4-5-17-29-25(32)33/h7-10,12-15,29H,4-6,11,16-19H2,1-3H3,(H,28,31)(H,30,34)(H,32,33). The number of benzene rings is 2. The van der Waals surface area contributed by atoms with E-state index >= 15 is 0 Å². The number of amides is 3. The van der Waals surface area contributed by atoms with Crippen LogP contribution in [0.2, 0.25) is 0 Å². The minimum atomic E-state index is -0.978. The predicted octanol–water partition coefficient (Wildman–Crippen LogP) is 4.52. The summed E-state index contributed by atoms with van der Waals surface area (Å²) in [6.07, 6.45) is 2.21. The Hall–Kier alpha value is -3.55. The van der Waals surface area contributed by atoms with Gasteiger partial charge in [-0.3, -0.25) is 4.79 Å². The van der Waals surface area contributed by atoms with Crippen LogP contribution in [0.3, 0.4) is 0 Å². The predicted molar refractivity (Wildman–Crippen MR) is 136 cm³/mol. The minimum absolute atomic E-state index is 0.0607. The lowest BCUT2D eigenvalue weighted by Crippen LogP contribution is -2.37. The molecule has 2 aromatic carbocycles. The molecule has 0 aromatic heterocycles. The van der Waals surface area contributed by atoms with E-state index in [4.69, 9.17) is 9.84 Å². The van der Waals surface area contributed by atoms with Crippen LogP contribution in [-0.4, -0.2) is 48.4 Å². The van der Waals surface area contributed by atoms with Gasteiger partial charge in [0.1, 0.15) is 5.60 Å². The summed E-state index contributed by atoms with van der Waals surface area (Å²) in [7, 11) is 0. The van der Waals surface area contributed by atoms with Gasteiger partial charge >= 0.3 is 12.2 Å². The second kappa shape index (κ2) is 14.0. The van der Waals surface area contributed by atoms with E-state index in [9.17, 15) is 14.4 Å². The van der Waals surface area contributed by atoms with Crippen LogP contribution in [0.25, 0.3) is 11.1 Å². The number of ether oxygens (including phenoxy) is 1. The van der Waals surface area contributed by atoms with E-state index in [1.54, 1.807) is 20.8 Å². The summed E-state index contributed by atoms with van der Waals surface area (Å²) >= 11 is 0. The van der Waals surface area contributed by atoms with E-state index in [1.165, 1.54) is 5.56 Å². The highest BCUT2D eigenvalue weighted by Gasteiger charge is 2.15. The first-order valence-corrected chi connectivity index (χ1v) is 12.0. The third-order valence-corrected chi connectivity index (χ3v) is 5.17. The van der Waals surface area contributed by atoms with Crippen molar-refractivity contribution < 1.29 is 24.2 Å². The molecule has 2 rings (SSSR count). The van der Waals surface area contributed by atoms with Gasteiger partial charge in [0.05, 0.1) is 0 Å². The summed E-state index contributed by atoms with van der Waals surface area (Å²) in [6, 6.07) is 16.6. The van der Waals surface area contributed by atoms with Gasteiger partial charge in [-0.1, -0.05) is 48.5 Å². The van der Waals surface area contributed by atoms with Crippen LogP contribution >= 0.6 is 0 Å². The molecule has 0 spiro atoms. The van der Waals surface area contributed by atoms with E-state index in [0.717, 1.165) is 36.0 Å². The Morgan fingerprint density at radius 1 is 0.743 bits per heavy atom. The van der Waals surface area contributed by atoms with Crippen LogP contribution in [0.1, 0.15) is 51.2 Å². The quantitative estimate of drug-likeness (QED) is 0.331. The molecular weight excluding hydrogens is 446 g/mol. The number of alkyl carbamates (subject to hydrolysis) is 1. The lowest BCUT2D eigenvalue weighted by Gasteiger charge is -2.19. The number of carbonyl (C=O) groups excluding carboxylic acids is 2. The lowest BCUT2D eigenvalue weighted by atomic mass is 9.99. The van der Waals surface area contributed by atoms with Crippen LogP contribution < -0.4 is 16.0 Å². The monoisotopic (exact) mass is 483 g/mol. The first-order valence-electron chi connectivity index (χ1n) is 12.0. The number of hydrogen-bond acceptors (Lipinski definition) is 4. The number of carbonyl (C=O) groups is 3. The van der Waals surface area contributed by atoms with Crippen LogP contribution in [-0.2, 0) is 22.4 Å². The molecule has 0 fully saturated rings. The fourth-order valence-electron chi connectivity index (χ4n) is 3.40. The summed E-state index contributed by atoms with van der Waals surface area (Å²) in [6.45, 7) is 6.54. The van der Waals surface area contributed by atoms with Crippen molar-refractivity contribution in [2.75, 3.05) is 19.6 Å². The van der Waals surface area contributed by atoms with Crippen molar-refractivity contribution in [3.63, 3.8) is 0 Å². The number of hydrogen-bond donors (Lipinski definition) is 4. The number of carboxylic acid groups (broad SMARTS) is 1. The molecule has 0 bridgehead atoms. The molecule has 0 saturated carbocycles. The SMILES string of the molecule is CC(C)(C)OC(=O)NCCNC(=O)CCc1ccc(-c2ccc(CCCCNC(=O)O)cc2)cc1. The molecule has 0 atom stereocenters. The summed E-state index contributed by atoms with van der Waals surface area (Å²) in [5.74, 6) is -0.0607. The third kappa shape index (κ3) is 11.9. The molecule has 2 aromatic rings. The van der Waals surface area contributed by atoms with Crippen molar-refractivity contribution in [3.8, 4) is 11.1 Å². The summed E-state index contributed by atoms with van der Waals surface area (Å²) in [5.41, 5.74) is 4.01. The molecule has 0 radical (unpaired) electrons. The molecule has 190 valence electrons. The van der Waals surface area contributed by atoms with E-state index < -0.39 is 17.8 Å². The Balaban J connectivity index is 1.68. The average molecular weight is 484 g/mol. The number of unbranched alkanes of at least 4 members (excludes halogenated alkanes) is 1. The van der Waals surface area contributed by atoms with Gasteiger partial charge in [-0.15, -0.1) is 0 Å². The molecule has 0 aliphatic rings. The van der Waals surface area contributed by atoms with Gasteiger partial charge in [0, 0.05) is 26.1 Å². The van der Waals surface area contributed by atoms with Crippen molar-refractivity contribution in [2.24, 2.45) is 0 Å². The summed E-state index contributed by atoms with van der Waals surface area (Å²) in [5, 5.41) is 16.4. The molecule has 0 heterocycles. The van der Waals surface area contributed by atoms with Gasteiger partial charge in [-0.25, -0.2) is 9.59 Å². The van der Waals surface area contributed by atoms with Crippen LogP contribution in [0.4, 0.5) is 9.59 Å². The highest BCUT2D eigenvalue weighted by atomic mass is 16.6. The first kappa shape index (κ1) is 27.7.